The van der Waals surface area contributed by atoms with Crippen LogP contribution in [0.25, 0.3) is 0 Å². The van der Waals surface area contributed by atoms with Gasteiger partial charge in [0.1, 0.15) is 23.7 Å². The van der Waals surface area contributed by atoms with Crippen LogP contribution < -0.4 is 16.2 Å². The van der Waals surface area contributed by atoms with Crippen LogP contribution in [0.1, 0.15) is 43.9 Å². The second-order valence-electron chi connectivity index (χ2n) is 5.70. The molecule has 112 valence electrons. The maximum absolute atomic E-state index is 5.61. The average molecular weight is 287 g/mol. The van der Waals surface area contributed by atoms with E-state index in [9.17, 15) is 0 Å². The zero-order chi connectivity index (χ0) is 14.8. The van der Waals surface area contributed by atoms with E-state index in [0.29, 0.717) is 11.9 Å². The molecule has 6 nitrogen and oxygen atoms in total. The number of anilines is 2. The van der Waals surface area contributed by atoms with E-state index >= 15 is 0 Å². The first-order chi connectivity index (χ1) is 10.2. The predicted molar refractivity (Wildman–Crippen MR) is 81.8 cm³/mol. The summed E-state index contributed by atoms with van der Waals surface area (Å²) in [6.07, 6.45) is 5.64. The number of nitrogens with zero attached hydrogens (tertiary/aromatic N) is 3. The van der Waals surface area contributed by atoms with E-state index in [-0.39, 0.29) is 5.92 Å². The summed E-state index contributed by atoms with van der Waals surface area (Å²) in [5.41, 5.74) is 3.74. The summed E-state index contributed by atoms with van der Waals surface area (Å²) in [7, 11) is 0. The van der Waals surface area contributed by atoms with Gasteiger partial charge in [-0.05, 0) is 30.9 Å². The Balaban J connectivity index is 1.99. The van der Waals surface area contributed by atoms with Crippen LogP contribution in [0.5, 0.6) is 0 Å². The van der Waals surface area contributed by atoms with Crippen molar-refractivity contribution in [2.75, 3.05) is 10.3 Å². The van der Waals surface area contributed by atoms with Gasteiger partial charge in [0.25, 0.3) is 0 Å². The average Bonchev–Trinajstić information content (AvgIpc) is 3.20. The van der Waals surface area contributed by atoms with Gasteiger partial charge >= 0.3 is 0 Å². The fourth-order valence-corrected chi connectivity index (χ4v) is 2.60. The molecular weight excluding hydrogens is 266 g/mol. The third-order valence-corrected chi connectivity index (χ3v) is 3.74. The van der Waals surface area contributed by atoms with E-state index in [2.05, 4.69) is 34.1 Å². The summed E-state index contributed by atoms with van der Waals surface area (Å²) in [5, 5.41) is 0. The first kappa shape index (κ1) is 13.9. The first-order valence-electron chi connectivity index (χ1n) is 7.31. The predicted octanol–water partition coefficient (Wildman–Crippen LogP) is 2.65. The highest BCUT2D eigenvalue weighted by Crippen LogP contribution is 2.37. The topological polar surface area (TPSA) is 80.2 Å². The molecule has 0 radical (unpaired) electrons. The molecule has 0 atom stereocenters. The summed E-state index contributed by atoms with van der Waals surface area (Å²) >= 11 is 0. The molecule has 0 aromatic carbocycles. The molecule has 3 N–H and O–H groups in total. The lowest BCUT2D eigenvalue weighted by Gasteiger charge is -2.27. The first-order valence-corrected chi connectivity index (χ1v) is 7.31. The maximum Gasteiger partial charge on any atom is 0.148 e. The second kappa shape index (κ2) is 5.73. The van der Waals surface area contributed by atoms with E-state index in [1.807, 2.05) is 12.1 Å². The number of nitrogens with one attached hydrogen (secondary N) is 1. The van der Waals surface area contributed by atoms with Crippen LogP contribution in [0.3, 0.4) is 0 Å². The van der Waals surface area contributed by atoms with Crippen molar-refractivity contribution in [2.24, 2.45) is 5.84 Å². The Hall–Kier alpha value is -2.08. The van der Waals surface area contributed by atoms with Gasteiger partial charge in [0, 0.05) is 11.6 Å². The highest BCUT2D eigenvalue weighted by molar-refractivity contribution is 5.60. The summed E-state index contributed by atoms with van der Waals surface area (Å²) in [6, 6.07) is 4.43. The maximum atomic E-state index is 5.61. The SMILES string of the molecule is CC(C)c1c(NN)ncnc1N(Cc1ccco1)C1CC1. The van der Waals surface area contributed by atoms with Gasteiger partial charge in [0.05, 0.1) is 12.8 Å². The van der Waals surface area contributed by atoms with Crippen molar-refractivity contribution >= 4 is 11.6 Å². The largest absolute Gasteiger partial charge is 0.467 e. The van der Waals surface area contributed by atoms with E-state index in [4.69, 9.17) is 10.3 Å². The molecule has 0 unspecified atom stereocenters. The third kappa shape index (κ3) is 2.85. The molecule has 0 bridgehead atoms. The van der Waals surface area contributed by atoms with Gasteiger partial charge < -0.3 is 14.7 Å². The summed E-state index contributed by atoms with van der Waals surface area (Å²) in [6.45, 7) is 4.97. The van der Waals surface area contributed by atoms with Crippen molar-refractivity contribution < 1.29 is 4.42 Å². The quantitative estimate of drug-likeness (QED) is 0.628. The molecule has 1 fully saturated rings. The zero-order valence-electron chi connectivity index (χ0n) is 12.4. The van der Waals surface area contributed by atoms with Crippen molar-refractivity contribution in [3.8, 4) is 0 Å². The van der Waals surface area contributed by atoms with Crippen molar-refractivity contribution in [3.63, 3.8) is 0 Å². The van der Waals surface area contributed by atoms with Crippen molar-refractivity contribution in [3.05, 3.63) is 36.0 Å². The molecule has 1 saturated carbocycles. The molecule has 0 amide bonds. The number of nitrogen functional groups attached to an aromatic ring is 1. The normalized spacial score (nSPS) is 14.5. The molecule has 0 spiro atoms. The zero-order valence-corrected chi connectivity index (χ0v) is 12.4. The van der Waals surface area contributed by atoms with Crippen molar-refractivity contribution in [2.45, 2.75) is 45.2 Å². The Kier molecular flexibility index (Phi) is 3.79. The fraction of sp³-hybridized carbons (Fsp3) is 0.467. The fourth-order valence-electron chi connectivity index (χ4n) is 2.60. The van der Waals surface area contributed by atoms with Gasteiger partial charge in [0.15, 0.2) is 0 Å². The smallest absolute Gasteiger partial charge is 0.148 e. The minimum absolute atomic E-state index is 0.283. The van der Waals surface area contributed by atoms with Crippen LogP contribution in [0.15, 0.2) is 29.1 Å². The molecule has 0 aliphatic heterocycles. The van der Waals surface area contributed by atoms with Crippen LogP contribution in [-0.4, -0.2) is 16.0 Å². The minimum atomic E-state index is 0.283. The van der Waals surface area contributed by atoms with Gasteiger partial charge in [-0.1, -0.05) is 13.8 Å². The Morgan fingerprint density at radius 1 is 1.43 bits per heavy atom. The van der Waals surface area contributed by atoms with Crippen LogP contribution in [0.2, 0.25) is 0 Å². The number of nitrogens with two attached hydrogens (primary N) is 1. The number of aromatic nitrogens is 2. The summed E-state index contributed by atoms with van der Waals surface area (Å²) in [5.74, 6) is 8.48. The number of hydrogen-bond donors (Lipinski definition) is 2. The van der Waals surface area contributed by atoms with Crippen molar-refractivity contribution in [1.29, 1.82) is 0 Å². The van der Waals surface area contributed by atoms with Crippen LogP contribution in [0, 0.1) is 0 Å². The highest BCUT2D eigenvalue weighted by atomic mass is 16.3. The number of hydrogen-bond acceptors (Lipinski definition) is 6. The monoisotopic (exact) mass is 287 g/mol. The molecule has 1 aliphatic carbocycles. The summed E-state index contributed by atoms with van der Waals surface area (Å²) < 4.78 is 5.49. The lowest BCUT2D eigenvalue weighted by molar-refractivity contribution is 0.499. The van der Waals surface area contributed by atoms with Crippen LogP contribution in [-0.2, 0) is 6.54 Å². The van der Waals surface area contributed by atoms with Gasteiger partial charge in [-0.2, -0.15) is 0 Å². The Labute approximate surface area is 124 Å². The molecular formula is C15H21N5O. The molecule has 2 aromatic heterocycles. The van der Waals surface area contributed by atoms with Gasteiger partial charge in [-0.3, -0.25) is 0 Å². The third-order valence-electron chi connectivity index (χ3n) is 3.74. The van der Waals surface area contributed by atoms with Crippen LogP contribution >= 0.6 is 0 Å². The molecule has 6 heteroatoms. The van der Waals surface area contributed by atoms with E-state index in [1.165, 1.54) is 12.8 Å². The minimum Gasteiger partial charge on any atom is -0.467 e. The molecule has 2 heterocycles. The van der Waals surface area contributed by atoms with E-state index in [0.717, 1.165) is 23.7 Å². The number of rotatable bonds is 6. The Morgan fingerprint density at radius 3 is 2.81 bits per heavy atom. The molecule has 3 rings (SSSR count). The van der Waals surface area contributed by atoms with E-state index in [1.54, 1.807) is 12.6 Å². The number of hydrazine groups is 1. The molecule has 1 aliphatic rings. The Morgan fingerprint density at radius 2 is 2.24 bits per heavy atom. The lowest BCUT2D eigenvalue weighted by Crippen LogP contribution is -2.28. The Bertz CT molecular complexity index is 592. The second-order valence-corrected chi connectivity index (χ2v) is 5.70. The van der Waals surface area contributed by atoms with E-state index < -0.39 is 0 Å². The van der Waals surface area contributed by atoms with Gasteiger partial charge in [-0.25, -0.2) is 15.8 Å². The van der Waals surface area contributed by atoms with Gasteiger partial charge in [-0.15, -0.1) is 0 Å². The summed E-state index contributed by atoms with van der Waals surface area (Å²) in [4.78, 5) is 11.1. The lowest BCUT2D eigenvalue weighted by atomic mass is 10.0. The number of furan rings is 1. The molecule has 21 heavy (non-hydrogen) atoms. The molecule has 2 aromatic rings. The highest BCUT2D eigenvalue weighted by Gasteiger charge is 2.33. The standard InChI is InChI=1S/C15H21N5O/c1-10(2)13-14(19-16)17-9-18-15(13)20(11-5-6-11)8-12-4-3-7-21-12/h3-4,7,9-11H,5-6,8,16H2,1-2H3,(H,17,18,19). The molecule has 0 saturated heterocycles. The van der Waals surface area contributed by atoms with Gasteiger partial charge in [0.2, 0.25) is 0 Å². The van der Waals surface area contributed by atoms with Crippen LogP contribution in [0.4, 0.5) is 11.6 Å². The van der Waals surface area contributed by atoms with Crippen molar-refractivity contribution in [1.82, 2.24) is 9.97 Å².